The fourth-order valence-corrected chi connectivity index (χ4v) is 5.13. The molecule has 9 nitrogen and oxygen atoms in total. The number of nitrogens with one attached hydrogen (secondary N) is 1. The van der Waals surface area contributed by atoms with E-state index in [1.54, 1.807) is 23.1 Å². The van der Waals surface area contributed by atoms with Crippen molar-refractivity contribution in [3.8, 4) is 11.3 Å². The molecule has 1 fully saturated rings. The van der Waals surface area contributed by atoms with Crippen LogP contribution in [0.15, 0.2) is 39.7 Å². The summed E-state index contributed by atoms with van der Waals surface area (Å²) in [5, 5.41) is 7.75. The topological polar surface area (TPSA) is 98.5 Å². The van der Waals surface area contributed by atoms with Gasteiger partial charge in [-0.15, -0.1) is 11.3 Å². The zero-order chi connectivity index (χ0) is 26.0. The van der Waals surface area contributed by atoms with Gasteiger partial charge in [0.05, 0.1) is 34.3 Å². The second-order valence-corrected chi connectivity index (χ2v) is 12.0. The smallest absolute Gasteiger partial charge is 0.261 e. The van der Waals surface area contributed by atoms with E-state index < -0.39 is 5.41 Å². The summed E-state index contributed by atoms with van der Waals surface area (Å²) in [5.41, 5.74) is -0.452. The average molecular weight is 597 g/mol. The summed E-state index contributed by atoms with van der Waals surface area (Å²) in [7, 11) is 0. The fourth-order valence-electron chi connectivity index (χ4n) is 3.68. The van der Waals surface area contributed by atoms with E-state index in [0.29, 0.717) is 53.3 Å². The quantitative estimate of drug-likeness (QED) is 0.425. The second kappa shape index (κ2) is 10.9. The summed E-state index contributed by atoms with van der Waals surface area (Å²) in [6, 6.07) is 8.74. The van der Waals surface area contributed by atoms with E-state index in [0.717, 1.165) is 4.88 Å². The van der Waals surface area contributed by atoms with E-state index in [1.807, 2.05) is 32.9 Å². The minimum atomic E-state index is -0.698. The molecule has 1 aliphatic heterocycles. The monoisotopic (exact) mass is 595 g/mol. The summed E-state index contributed by atoms with van der Waals surface area (Å²) >= 11 is 10.9. The minimum absolute atomic E-state index is 0.112. The zero-order valence-electron chi connectivity index (χ0n) is 20.2. The van der Waals surface area contributed by atoms with E-state index in [4.69, 9.17) is 16.3 Å². The number of nitrogens with zero attached hydrogens (tertiary/aromatic N) is 4. The normalized spacial score (nSPS) is 14.2. The van der Waals surface area contributed by atoms with Crippen LogP contribution in [0.2, 0.25) is 4.34 Å². The van der Waals surface area contributed by atoms with Crippen molar-refractivity contribution < 1.29 is 14.3 Å². The number of anilines is 1. The van der Waals surface area contributed by atoms with E-state index in [9.17, 15) is 14.4 Å². The highest BCUT2D eigenvalue weighted by Gasteiger charge is 2.28. The molecule has 1 aliphatic rings. The van der Waals surface area contributed by atoms with Crippen LogP contribution in [-0.4, -0.2) is 57.4 Å². The predicted molar refractivity (Wildman–Crippen MR) is 144 cm³/mol. The van der Waals surface area contributed by atoms with Crippen molar-refractivity contribution in [1.29, 1.82) is 0 Å². The summed E-state index contributed by atoms with van der Waals surface area (Å²) in [4.78, 5) is 42.1. The van der Waals surface area contributed by atoms with Gasteiger partial charge in [-0.2, -0.15) is 9.78 Å². The highest BCUT2D eigenvalue weighted by molar-refractivity contribution is 9.10. The molecule has 3 aromatic heterocycles. The molecule has 0 spiro atoms. The molecule has 12 heteroatoms. The Morgan fingerprint density at radius 2 is 1.92 bits per heavy atom. The van der Waals surface area contributed by atoms with Crippen molar-refractivity contribution in [2.75, 3.05) is 31.6 Å². The molecule has 4 rings (SSSR count). The Bertz CT molecular complexity index is 1340. The lowest BCUT2D eigenvalue weighted by molar-refractivity contribution is -0.136. The molecule has 0 aromatic carbocycles. The first-order valence-corrected chi connectivity index (χ1v) is 13.4. The molecule has 1 saturated heterocycles. The van der Waals surface area contributed by atoms with Gasteiger partial charge >= 0.3 is 0 Å². The Kier molecular flexibility index (Phi) is 8.03. The minimum Gasteiger partial charge on any atom is -0.378 e. The Hall–Kier alpha value is -2.47. The van der Waals surface area contributed by atoms with E-state index >= 15 is 0 Å². The number of hydrogen-bond donors (Lipinski definition) is 1. The predicted octanol–water partition coefficient (Wildman–Crippen LogP) is 4.35. The number of carbonyl (C=O) groups is 2. The van der Waals surface area contributed by atoms with Crippen molar-refractivity contribution in [3.63, 3.8) is 0 Å². The highest BCUT2D eigenvalue weighted by Crippen LogP contribution is 2.27. The molecule has 3 aromatic rings. The van der Waals surface area contributed by atoms with Crippen molar-refractivity contribution in [1.82, 2.24) is 19.2 Å². The molecule has 1 amide bonds. The maximum absolute atomic E-state index is 13.4. The van der Waals surface area contributed by atoms with Gasteiger partial charge < -0.3 is 15.0 Å². The average Bonchev–Trinajstić information content (AvgIpc) is 3.45. The van der Waals surface area contributed by atoms with Crippen molar-refractivity contribution in [2.45, 2.75) is 33.9 Å². The van der Waals surface area contributed by atoms with Crippen LogP contribution in [0.1, 0.15) is 30.4 Å². The van der Waals surface area contributed by atoms with Crippen LogP contribution in [0.3, 0.4) is 0 Å². The van der Waals surface area contributed by atoms with Gasteiger partial charge in [-0.05, 0) is 40.2 Å². The fraction of sp³-hybridized carbons (Fsp3) is 0.417. The van der Waals surface area contributed by atoms with Gasteiger partial charge in [0.1, 0.15) is 18.1 Å². The molecule has 0 bridgehead atoms. The van der Waals surface area contributed by atoms with Crippen molar-refractivity contribution in [3.05, 3.63) is 54.5 Å². The van der Waals surface area contributed by atoms with Crippen molar-refractivity contribution >= 4 is 56.5 Å². The summed E-state index contributed by atoms with van der Waals surface area (Å²) in [6.45, 7) is 7.71. The van der Waals surface area contributed by atoms with E-state index in [-0.39, 0.29) is 29.5 Å². The van der Waals surface area contributed by atoms with Crippen molar-refractivity contribution in [2.24, 2.45) is 5.41 Å². The third kappa shape index (κ3) is 5.91. The molecule has 192 valence electrons. The molecule has 4 heterocycles. The Morgan fingerprint density at radius 3 is 2.56 bits per heavy atom. The molecule has 1 N–H and O–H groups in total. The standard InChI is InChI=1S/C24H27BrClN5O4S/c1-24(2,3)23(34)31-20(27-13-15-4-7-19(26)36-15)12-17(28-31)16-5-6-18(25)30(22(16)33)14-21(32)29-8-10-35-11-9-29/h4-7,12,27H,8-11,13-14H2,1-3H3. The maximum Gasteiger partial charge on any atom is 0.261 e. The van der Waals surface area contributed by atoms with Gasteiger partial charge in [0.15, 0.2) is 0 Å². The van der Waals surface area contributed by atoms with Gasteiger partial charge in [-0.3, -0.25) is 19.0 Å². The molecule has 0 atom stereocenters. The lowest BCUT2D eigenvalue weighted by Gasteiger charge is -2.27. The SMILES string of the molecule is CC(C)(C)C(=O)n1nc(-c2ccc(Br)n(CC(=O)N3CCOCC3)c2=O)cc1NCc1ccc(Cl)s1. The molecular weight excluding hydrogens is 570 g/mol. The number of pyridine rings is 1. The molecule has 0 aliphatic carbocycles. The van der Waals surface area contributed by atoms with Crippen LogP contribution in [-0.2, 0) is 22.6 Å². The molecule has 0 saturated carbocycles. The van der Waals surface area contributed by atoms with Gasteiger partial charge in [-0.1, -0.05) is 32.4 Å². The zero-order valence-corrected chi connectivity index (χ0v) is 23.4. The number of halogens is 2. The van der Waals surface area contributed by atoms with Crippen LogP contribution in [0.25, 0.3) is 11.3 Å². The highest BCUT2D eigenvalue weighted by atomic mass is 79.9. The molecular formula is C24H27BrClN5O4S. The lowest BCUT2D eigenvalue weighted by Crippen LogP contribution is -2.43. The summed E-state index contributed by atoms with van der Waals surface area (Å²) < 4.78 is 9.14. The lowest BCUT2D eigenvalue weighted by atomic mass is 9.96. The van der Waals surface area contributed by atoms with Crippen LogP contribution in [0, 0.1) is 5.41 Å². The number of carbonyl (C=O) groups excluding carboxylic acids is 2. The first kappa shape index (κ1) is 26.6. The number of aromatic nitrogens is 3. The van der Waals surface area contributed by atoms with Gasteiger partial charge in [-0.25, -0.2) is 0 Å². The maximum atomic E-state index is 13.4. The Labute approximate surface area is 226 Å². The first-order valence-electron chi connectivity index (χ1n) is 11.4. The third-order valence-electron chi connectivity index (χ3n) is 5.67. The number of thiophene rings is 1. The summed E-state index contributed by atoms with van der Waals surface area (Å²) in [5.74, 6) is 0.0803. The number of ether oxygens (including phenoxy) is 1. The molecule has 0 radical (unpaired) electrons. The van der Waals surface area contributed by atoms with Gasteiger partial charge in [0.2, 0.25) is 5.91 Å². The van der Waals surface area contributed by atoms with Gasteiger partial charge in [0, 0.05) is 29.4 Å². The largest absolute Gasteiger partial charge is 0.378 e. The third-order valence-corrected chi connectivity index (χ3v) is 7.59. The van der Waals surface area contributed by atoms with Gasteiger partial charge in [0.25, 0.3) is 11.5 Å². The number of rotatable bonds is 6. The van der Waals surface area contributed by atoms with E-state index in [2.05, 4.69) is 26.3 Å². The first-order chi connectivity index (χ1) is 17.0. The second-order valence-electron chi connectivity index (χ2n) is 9.40. The van der Waals surface area contributed by atoms with Crippen LogP contribution in [0.4, 0.5) is 5.82 Å². The number of morpholine rings is 1. The van der Waals surface area contributed by atoms with E-state index in [1.165, 1.54) is 20.6 Å². The number of amides is 1. The van der Waals surface area contributed by atoms with Crippen LogP contribution in [0.5, 0.6) is 0 Å². The number of hydrogen-bond acceptors (Lipinski definition) is 7. The van der Waals surface area contributed by atoms with Crippen LogP contribution >= 0.6 is 38.9 Å². The molecule has 36 heavy (non-hydrogen) atoms. The molecule has 0 unspecified atom stereocenters. The Balaban J connectivity index is 1.67. The summed E-state index contributed by atoms with van der Waals surface area (Å²) in [6.07, 6.45) is 0. The Morgan fingerprint density at radius 1 is 1.19 bits per heavy atom. The van der Waals surface area contributed by atoms with Crippen LogP contribution < -0.4 is 10.9 Å².